The van der Waals surface area contributed by atoms with E-state index in [2.05, 4.69) is 17.4 Å². The van der Waals surface area contributed by atoms with Gasteiger partial charge in [0.15, 0.2) is 0 Å². The van der Waals surface area contributed by atoms with Gasteiger partial charge in [-0.1, -0.05) is 19.1 Å². The van der Waals surface area contributed by atoms with Crippen LogP contribution in [0.15, 0.2) is 18.2 Å². The number of hydrogen-bond donors (Lipinski definition) is 2. The lowest BCUT2D eigenvalue weighted by Gasteiger charge is -2.10. The predicted molar refractivity (Wildman–Crippen MR) is 77.8 cm³/mol. The number of carbonyl (C=O) groups excluding carboxylic acids is 1. The van der Waals surface area contributed by atoms with Gasteiger partial charge in [0.2, 0.25) is 5.91 Å². The average molecular weight is 285 g/mol. The van der Waals surface area contributed by atoms with E-state index in [4.69, 9.17) is 10.5 Å². The first-order chi connectivity index (χ1) is 8.70. The van der Waals surface area contributed by atoms with Gasteiger partial charge in [-0.05, 0) is 23.6 Å². The molecule has 1 heterocycles. The number of ether oxygens (including phenoxy) is 1. The van der Waals surface area contributed by atoms with Crippen molar-refractivity contribution < 1.29 is 9.53 Å². The molecule has 0 spiro atoms. The van der Waals surface area contributed by atoms with Crippen molar-refractivity contribution in [3.63, 3.8) is 0 Å². The summed E-state index contributed by atoms with van der Waals surface area (Å²) in [6.07, 6.45) is 1.83. The van der Waals surface area contributed by atoms with Gasteiger partial charge in [-0.25, -0.2) is 0 Å². The maximum atomic E-state index is 11.5. The quantitative estimate of drug-likeness (QED) is 0.856. The van der Waals surface area contributed by atoms with Crippen molar-refractivity contribution in [3.8, 4) is 5.75 Å². The maximum Gasteiger partial charge on any atom is 0.224 e. The molecule has 4 nitrogen and oxygen atoms in total. The van der Waals surface area contributed by atoms with Gasteiger partial charge in [0.25, 0.3) is 0 Å². The number of carbonyl (C=O) groups is 1. The minimum absolute atomic E-state index is 0. The third-order valence-corrected chi connectivity index (χ3v) is 3.27. The van der Waals surface area contributed by atoms with E-state index in [1.54, 1.807) is 0 Å². The number of rotatable bonds is 5. The molecule has 0 aromatic heterocycles. The van der Waals surface area contributed by atoms with Crippen molar-refractivity contribution in [1.29, 1.82) is 0 Å². The summed E-state index contributed by atoms with van der Waals surface area (Å²) >= 11 is 0. The summed E-state index contributed by atoms with van der Waals surface area (Å²) in [6, 6.07) is 6.24. The summed E-state index contributed by atoms with van der Waals surface area (Å²) < 4.78 is 5.46. The minimum atomic E-state index is -0.113. The van der Waals surface area contributed by atoms with Crippen LogP contribution in [-0.2, 0) is 17.6 Å². The van der Waals surface area contributed by atoms with Crippen molar-refractivity contribution in [2.24, 2.45) is 11.7 Å². The molecule has 1 aliphatic heterocycles. The first-order valence-corrected chi connectivity index (χ1v) is 6.43. The molecule has 1 amide bonds. The van der Waals surface area contributed by atoms with E-state index in [9.17, 15) is 4.79 Å². The van der Waals surface area contributed by atoms with E-state index in [0.29, 0.717) is 13.1 Å². The zero-order chi connectivity index (χ0) is 13.0. The Bertz CT molecular complexity index is 437. The largest absolute Gasteiger partial charge is 0.493 e. The molecule has 1 aromatic carbocycles. The van der Waals surface area contributed by atoms with Crippen LogP contribution in [0.4, 0.5) is 0 Å². The van der Waals surface area contributed by atoms with Crippen molar-refractivity contribution in [2.75, 3.05) is 19.7 Å². The lowest BCUT2D eigenvalue weighted by Crippen LogP contribution is -2.34. The molecule has 0 saturated heterocycles. The molecule has 3 N–H and O–H groups in total. The molecule has 106 valence electrons. The van der Waals surface area contributed by atoms with Gasteiger partial charge in [-0.15, -0.1) is 12.4 Å². The highest BCUT2D eigenvalue weighted by atomic mass is 35.5. The number of amides is 1. The molecule has 0 bridgehead atoms. The lowest BCUT2D eigenvalue weighted by atomic mass is 10.1. The third-order valence-electron chi connectivity index (χ3n) is 3.27. The lowest BCUT2D eigenvalue weighted by molar-refractivity contribution is -0.124. The number of benzene rings is 1. The third kappa shape index (κ3) is 4.11. The molecule has 0 aliphatic carbocycles. The number of hydrogen-bond acceptors (Lipinski definition) is 3. The second-order valence-corrected chi connectivity index (χ2v) is 4.72. The standard InChI is InChI=1S/C14H20N2O2.ClH/c1-10(9-15)14(17)16-6-4-11-2-3-13-12(8-11)5-7-18-13;/h2-3,8,10H,4-7,9,15H2,1H3,(H,16,17);1H. The van der Waals surface area contributed by atoms with E-state index in [1.807, 2.05) is 13.0 Å². The maximum absolute atomic E-state index is 11.5. The van der Waals surface area contributed by atoms with E-state index in [-0.39, 0.29) is 24.2 Å². The first-order valence-electron chi connectivity index (χ1n) is 6.43. The zero-order valence-electron chi connectivity index (χ0n) is 11.1. The Labute approximate surface area is 120 Å². The summed E-state index contributed by atoms with van der Waals surface area (Å²) in [5.41, 5.74) is 7.95. The molecule has 1 aromatic rings. The Morgan fingerprint density at radius 2 is 2.32 bits per heavy atom. The minimum Gasteiger partial charge on any atom is -0.493 e. The Morgan fingerprint density at radius 3 is 3.05 bits per heavy atom. The molecular weight excluding hydrogens is 264 g/mol. The Hall–Kier alpha value is -1.26. The molecule has 19 heavy (non-hydrogen) atoms. The molecule has 0 fully saturated rings. The molecule has 1 atom stereocenters. The first kappa shape index (κ1) is 15.8. The van der Waals surface area contributed by atoms with Gasteiger partial charge >= 0.3 is 0 Å². The van der Waals surface area contributed by atoms with Gasteiger partial charge < -0.3 is 15.8 Å². The van der Waals surface area contributed by atoms with Crippen molar-refractivity contribution >= 4 is 18.3 Å². The van der Waals surface area contributed by atoms with Crippen molar-refractivity contribution in [3.05, 3.63) is 29.3 Å². The van der Waals surface area contributed by atoms with Crippen LogP contribution < -0.4 is 15.8 Å². The average Bonchev–Trinajstić information content (AvgIpc) is 2.85. The molecule has 5 heteroatoms. The number of halogens is 1. The second kappa shape index (κ2) is 7.36. The van der Waals surface area contributed by atoms with Crippen LogP contribution in [-0.4, -0.2) is 25.6 Å². The van der Waals surface area contributed by atoms with Gasteiger partial charge in [0, 0.05) is 25.4 Å². The smallest absolute Gasteiger partial charge is 0.224 e. The zero-order valence-corrected chi connectivity index (χ0v) is 12.0. The van der Waals surface area contributed by atoms with Gasteiger partial charge in [0.05, 0.1) is 6.61 Å². The van der Waals surface area contributed by atoms with E-state index in [1.165, 1.54) is 11.1 Å². The van der Waals surface area contributed by atoms with Crippen LogP contribution in [0.1, 0.15) is 18.1 Å². The Kier molecular flexibility index (Phi) is 6.12. The van der Waals surface area contributed by atoms with Gasteiger partial charge in [-0.3, -0.25) is 4.79 Å². The van der Waals surface area contributed by atoms with Crippen LogP contribution in [0.2, 0.25) is 0 Å². The highest BCUT2D eigenvalue weighted by molar-refractivity contribution is 5.85. The van der Waals surface area contributed by atoms with Crippen LogP contribution in [0.5, 0.6) is 5.75 Å². The van der Waals surface area contributed by atoms with Crippen molar-refractivity contribution in [2.45, 2.75) is 19.8 Å². The fraction of sp³-hybridized carbons (Fsp3) is 0.500. The Morgan fingerprint density at radius 1 is 1.53 bits per heavy atom. The molecule has 0 saturated carbocycles. The molecule has 0 radical (unpaired) electrons. The predicted octanol–water partition coefficient (Wildman–Crippen LogP) is 1.30. The molecular formula is C14H21ClN2O2. The van der Waals surface area contributed by atoms with Crippen molar-refractivity contribution in [1.82, 2.24) is 5.32 Å². The molecule has 1 unspecified atom stereocenters. The van der Waals surface area contributed by atoms with Crippen LogP contribution in [0, 0.1) is 5.92 Å². The fourth-order valence-corrected chi connectivity index (χ4v) is 2.01. The van der Waals surface area contributed by atoms with E-state index >= 15 is 0 Å². The molecule has 1 aliphatic rings. The number of fused-ring (bicyclic) bond motifs is 1. The fourth-order valence-electron chi connectivity index (χ4n) is 2.01. The topological polar surface area (TPSA) is 64.4 Å². The highest BCUT2D eigenvalue weighted by Crippen LogP contribution is 2.25. The van der Waals surface area contributed by atoms with E-state index < -0.39 is 0 Å². The van der Waals surface area contributed by atoms with Crippen LogP contribution in [0.3, 0.4) is 0 Å². The summed E-state index contributed by atoms with van der Waals surface area (Å²) in [6.45, 7) is 3.66. The monoisotopic (exact) mass is 284 g/mol. The van der Waals surface area contributed by atoms with E-state index in [0.717, 1.165) is 25.2 Å². The summed E-state index contributed by atoms with van der Waals surface area (Å²) in [7, 11) is 0. The molecule has 2 rings (SSSR count). The van der Waals surface area contributed by atoms with Gasteiger partial charge in [-0.2, -0.15) is 0 Å². The summed E-state index contributed by atoms with van der Waals surface area (Å²) in [5, 5.41) is 2.90. The summed E-state index contributed by atoms with van der Waals surface area (Å²) in [5.74, 6) is 0.917. The highest BCUT2D eigenvalue weighted by Gasteiger charge is 2.12. The van der Waals surface area contributed by atoms with Crippen LogP contribution in [0.25, 0.3) is 0 Å². The SMILES string of the molecule is CC(CN)C(=O)NCCc1ccc2c(c1)CCO2.Cl. The summed E-state index contributed by atoms with van der Waals surface area (Å²) in [4.78, 5) is 11.5. The Balaban J connectivity index is 0.00000180. The second-order valence-electron chi connectivity index (χ2n) is 4.72. The normalized spacial score (nSPS) is 14.0. The number of nitrogens with two attached hydrogens (primary N) is 1. The van der Waals surface area contributed by atoms with Gasteiger partial charge in [0.1, 0.15) is 5.75 Å². The number of nitrogens with one attached hydrogen (secondary N) is 1. The van der Waals surface area contributed by atoms with Crippen LogP contribution >= 0.6 is 12.4 Å².